The molecule has 0 radical (unpaired) electrons. The Morgan fingerprint density at radius 1 is 1.25 bits per heavy atom. The summed E-state index contributed by atoms with van der Waals surface area (Å²) in [5.41, 5.74) is 8.84. The molecule has 1 rings (SSSR count). The van der Waals surface area contributed by atoms with E-state index in [1.165, 1.54) is 0 Å². The Morgan fingerprint density at radius 3 is 2.25 bits per heavy atom. The molecule has 1 aromatic rings. The predicted molar refractivity (Wildman–Crippen MR) is 94.8 cm³/mol. The average Bonchev–Trinajstić information content (AvgIpc) is 2.50. The number of amides is 2. The number of rotatable bonds is 7. The van der Waals surface area contributed by atoms with Gasteiger partial charge in [-0.3, -0.25) is 9.59 Å². The van der Waals surface area contributed by atoms with E-state index in [2.05, 4.69) is 5.32 Å². The number of aryl methyl sites for hydroxylation is 2. The maximum absolute atomic E-state index is 12.2. The highest BCUT2D eigenvalue weighted by molar-refractivity contribution is 5.87. The van der Waals surface area contributed by atoms with Crippen LogP contribution in [-0.4, -0.2) is 43.5 Å². The summed E-state index contributed by atoms with van der Waals surface area (Å²) in [5, 5.41) is 2.60. The average molecular weight is 335 g/mol. The highest BCUT2D eigenvalue weighted by Crippen LogP contribution is 2.24. The molecule has 0 heterocycles. The summed E-state index contributed by atoms with van der Waals surface area (Å²) >= 11 is 0. The van der Waals surface area contributed by atoms with E-state index in [4.69, 9.17) is 10.5 Å². The molecule has 1 atom stereocenters. The van der Waals surface area contributed by atoms with Gasteiger partial charge in [0.05, 0.1) is 19.7 Å². The summed E-state index contributed by atoms with van der Waals surface area (Å²) in [6, 6.07) is 3.40. The van der Waals surface area contributed by atoms with E-state index < -0.39 is 6.04 Å². The zero-order valence-corrected chi connectivity index (χ0v) is 15.5. The molecule has 1 aromatic carbocycles. The Hall–Kier alpha value is -2.08. The van der Waals surface area contributed by atoms with Crippen molar-refractivity contribution in [1.82, 2.24) is 10.2 Å². The number of nitrogens with two attached hydrogens (primary N) is 1. The third-order valence-corrected chi connectivity index (χ3v) is 4.00. The Labute approximate surface area is 144 Å². The van der Waals surface area contributed by atoms with Crippen LogP contribution in [0.2, 0.25) is 0 Å². The first-order chi connectivity index (χ1) is 11.2. The molecule has 2 amide bonds. The van der Waals surface area contributed by atoms with E-state index in [1.807, 2.05) is 39.8 Å². The number of carbonyl (C=O) groups excluding carboxylic acids is 2. The number of hydrogen-bond donors (Lipinski definition) is 2. The molecule has 134 valence electrons. The van der Waals surface area contributed by atoms with Gasteiger partial charge in [-0.05, 0) is 36.5 Å². The summed E-state index contributed by atoms with van der Waals surface area (Å²) in [7, 11) is 3.36. The molecule has 3 N–H and O–H groups in total. The lowest BCUT2D eigenvalue weighted by atomic mass is 10.0. The number of methoxy groups -OCH3 is 1. The third kappa shape index (κ3) is 5.23. The van der Waals surface area contributed by atoms with Crippen molar-refractivity contribution >= 4 is 11.8 Å². The van der Waals surface area contributed by atoms with E-state index >= 15 is 0 Å². The van der Waals surface area contributed by atoms with Gasteiger partial charge in [-0.1, -0.05) is 26.0 Å². The second-order valence-electron chi connectivity index (χ2n) is 6.50. The van der Waals surface area contributed by atoms with Crippen molar-refractivity contribution in [2.45, 2.75) is 40.3 Å². The molecular weight excluding hydrogens is 306 g/mol. The normalized spacial score (nSPS) is 12.0. The van der Waals surface area contributed by atoms with Gasteiger partial charge >= 0.3 is 0 Å². The maximum atomic E-state index is 12.2. The molecule has 0 aliphatic heterocycles. The van der Waals surface area contributed by atoms with Crippen LogP contribution < -0.4 is 15.8 Å². The van der Waals surface area contributed by atoms with Crippen LogP contribution in [0.1, 0.15) is 30.5 Å². The van der Waals surface area contributed by atoms with Gasteiger partial charge in [0.25, 0.3) is 0 Å². The first kappa shape index (κ1) is 20.0. The van der Waals surface area contributed by atoms with Gasteiger partial charge in [-0.25, -0.2) is 0 Å². The summed E-state index contributed by atoms with van der Waals surface area (Å²) in [6.07, 6.45) is 0. The van der Waals surface area contributed by atoms with Crippen LogP contribution >= 0.6 is 0 Å². The molecule has 6 heteroatoms. The summed E-state index contributed by atoms with van der Waals surface area (Å²) in [4.78, 5) is 25.6. The van der Waals surface area contributed by atoms with Gasteiger partial charge in [0.2, 0.25) is 11.8 Å². The summed E-state index contributed by atoms with van der Waals surface area (Å²) < 4.78 is 5.35. The zero-order chi connectivity index (χ0) is 18.4. The van der Waals surface area contributed by atoms with Crippen LogP contribution in [-0.2, 0) is 16.1 Å². The summed E-state index contributed by atoms with van der Waals surface area (Å²) in [5.74, 6) is 0.430. The van der Waals surface area contributed by atoms with Crippen molar-refractivity contribution in [2.24, 2.45) is 11.7 Å². The highest BCUT2D eigenvalue weighted by Gasteiger charge is 2.19. The van der Waals surface area contributed by atoms with Crippen molar-refractivity contribution in [3.8, 4) is 5.75 Å². The number of hydrogen-bond acceptors (Lipinski definition) is 4. The van der Waals surface area contributed by atoms with E-state index in [1.54, 1.807) is 19.1 Å². The van der Waals surface area contributed by atoms with Crippen LogP contribution in [0.3, 0.4) is 0 Å². The molecule has 6 nitrogen and oxygen atoms in total. The lowest BCUT2D eigenvalue weighted by Crippen LogP contribution is -2.47. The summed E-state index contributed by atoms with van der Waals surface area (Å²) in [6.45, 7) is 8.11. The standard InChI is InChI=1S/C18H29N3O3/c1-11(2)16(19)18(23)20-9-15(22)21(5)10-14-7-12(3)17(24-6)13(4)8-14/h7-8,11,16H,9-10,19H2,1-6H3,(H,20,23)/t16-/m0/s1. The Kier molecular flexibility index (Phi) is 7.22. The molecular formula is C18H29N3O3. The first-order valence-corrected chi connectivity index (χ1v) is 8.08. The van der Waals surface area contributed by atoms with Crippen molar-refractivity contribution < 1.29 is 14.3 Å². The molecule has 0 saturated heterocycles. The predicted octanol–water partition coefficient (Wildman–Crippen LogP) is 1.37. The Balaban J connectivity index is 2.63. The highest BCUT2D eigenvalue weighted by atomic mass is 16.5. The van der Waals surface area contributed by atoms with Gasteiger partial charge in [0, 0.05) is 13.6 Å². The molecule has 0 aromatic heterocycles. The second-order valence-corrected chi connectivity index (χ2v) is 6.50. The van der Waals surface area contributed by atoms with Gasteiger partial charge in [-0.2, -0.15) is 0 Å². The third-order valence-electron chi connectivity index (χ3n) is 4.00. The van der Waals surface area contributed by atoms with E-state index in [0.717, 1.165) is 22.4 Å². The number of nitrogens with one attached hydrogen (secondary N) is 1. The first-order valence-electron chi connectivity index (χ1n) is 8.08. The Bertz CT molecular complexity index is 576. The number of likely N-dealkylation sites (N-methyl/N-ethyl adjacent to an activating group) is 1. The number of benzene rings is 1. The second kappa shape index (κ2) is 8.68. The van der Waals surface area contributed by atoms with Gasteiger partial charge in [0.15, 0.2) is 0 Å². The number of carbonyl (C=O) groups is 2. The minimum absolute atomic E-state index is 0.0306. The molecule has 0 aliphatic rings. The fourth-order valence-electron chi connectivity index (χ4n) is 2.53. The quantitative estimate of drug-likeness (QED) is 0.788. The molecule has 24 heavy (non-hydrogen) atoms. The van der Waals surface area contributed by atoms with Gasteiger partial charge in [0.1, 0.15) is 5.75 Å². The number of ether oxygens (including phenoxy) is 1. The molecule has 0 unspecified atom stereocenters. The van der Waals surface area contributed by atoms with Gasteiger partial charge in [-0.15, -0.1) is 0 Å². The van der Waals surface area contributed by atoms with E-state index in [0.29, 0.717) is 6.54 Å². The van der Waals surface area contributed by atoms with Crippen LogP contribution in [0, 0.1) is 19.8 Å². The van der Waals surface area contributed by atoms with Crippen LogP contribution in [0.5, 0.6) is 5.75 Å². The van der Waals surface area contributed by atoms with Crippen molar-refractivity contribution in [3.63, 3.8) is 0 Å². The molecule has 0 bridgehead atoms. The number of nitrogens with zero attached hydrogens (tertiary/aromatic N) is 1. The van der Waals surface area contributed by atoms with E-state index in [-0.39, 0.29) is 24.3 Å². The molecule has 0 fully saturated rings. The van der Waals surface area contributed by atoms with Crippen LogP contribution in [0.4, 0.5) is 0 Å². The SMILES string of the molecule is COc1c(C)cc(CN(C)C(=O)CNC(=O)[C@@H](N)C(C)C)cc1C. The lowest BCUT2D eigenvalue weighted by molar-refractivity contribution is -0.132. The minimum Gasteiger partial charge on any atom is -0.496 e. The zero-order valence-electron chi connectivity index (χ0n) is 15.5. The van der Waals surface area contributed by atoms with Crippen molar-refractivity contribution in [2.75, 3.05) is 20.7 Å². The van der Waals surface area contributed by atoms with E-state index in [9.17, 15) is 9.59 Å². The van der Waals surface area contributed by atoms with Crippen molar-refractivity contribution in [3.05, 3.63) is 28.8 Å². The smallest absolute Gasteiger partial charge is 0.242 e. The lowest BCUT2D eigenvalue weighted by Gasteiger charge is -2.20. The van der Waals surface area contributed by atoms with Gasteiger partial charge < -0.3 is 20.7 Å². The van der Waals surface area contributed by atoms with Crippen LogP contribution in [0.15, 0.2) is 12.1 Å². The monoisotopic (exact) mass is 335 g/mol. The molecule has 0 spiro atoms. The van der Waals surface area contributed by atoms with Crippen LogP contribution in [0.25, 0.3) is 0 Å². The fourth-order valence-corrected chi connectivity index (χ4v) is 2.53. The topological polar surface area (TPSA) is 84.7 Å². The molecule has 0 aliphatic carbocycles. The Morgan fingerprint density at radius 2 is 1.79 bits per heavy atom. The maximum Gasteiger partial charge on any atom is 0.242 e. The molecule has 0 saturated carbocycles. The fraction of sp³-hybridized carbons (Fsp3) is 0.556. The minimum atomic E-state index is -0.602. The largest absolute Gasteiger partial charge is 0.496 e. The van der Waals surface area contributed by atoms with Crippen molar-refractivity contribution in [1.29, 1.82) is 0 Å².